The molecule has 0 saturated carbocycles. The van der Waals surface area contributed by atoms with E-state index in [1.165, 1.54) is 19.2 Å². The van der Waals surface area contributed by atoms with Gasteiger partial charge >= 0.3 is 18.2 Å². The van der Waals surface area contributed by atoms with Crippen molar-refractivity contribution >= 4 is 23.0 Å². The molecule has 200 valence electrons. The summed E-state index contributed by atoms with van der Waals surface area (Å²) in [5.74, 6) is -2.07. The van der Waals surface area contributed by atoms with Gasteiger partial charge < -0.3 is 19.3 Å². The van der Waals surface area contributed by atoms with Crippen molar-refractivity contribution < 1.29 is 41.5 Å². The number of hydrogen-bond acceptors (Lipinski definition) is 8. The molecule has 2 saturated heterocycles. The van der Waals surface area contributed by atoms with Crippen molar-refractivity contribution in [2.75, 3.05) is 33.3 Å². The second kappa shape index (κ2) is 10.3. The highest BCUT2D eigenvalue weighted by Gasteiger charge is 2.40. The number of alkyl halides is 3. The number of ether oxygens (including phenoxy) is 1. The molecular weight excluding hydrogens is 504 g/mol. The lowest BCUT2D eigenvalue weighted by Gasteiger charge is -2.41. The Kier molecular flexibility index (Phi) is 7.34. The molecule has 15 heteroatoms. The summed E-state index contributed by atoms with van der Waals surface area (Å²) in [6.07, 6.45) is -3.70. The Hall–Kier alpha value is -3.75. The van der Waals surface area contributed by atoms with E-state index in [0.717, 1.165) is 37.0 Å². The van der Waals surface area contributed by atoms with E-state index in [1.54, 1.807) is 15.6 Å². The molecule has 5 rings (SSSR count). The Morgan fingerprint density at radius 3 is 2.57 bits per heavy atom. The highest BCUT2D eigenvalue weighted by molar-refractivity contribution is 5.83. The van der Waals surface area contributed by atoms with Crippen LogP contribution in [0.3, 0.4) is 0 Å². The molecule has 3 aromatic rings. The number of benzene rings is 1. The van der Waals surface area contributed by atoms with Gasteiger partial charge in [0, 0.05) is 43.7 Å². The van der Waals surface area contributed by atoms with Gasteiger partial charge in [-0.25, -0.2) is 14.0 Å². The van der Waals surface area contributed by atoms with Gasteiger partial charge in [-0.05, 0) is 30.1 Å². The maximum absolute atomic E-state index is 13.8. The molecule has 2 aromatic heterocycles. The summed E-state index contributed by atoms with van der Waals surface area (Å²) in [5, 5.41) is 16.7. The predicted molar refractivity (Wildman–Crippen MR) is 119 cm³/mol. The zero-order chi connectivity index (χ0) is 26.9. The Morgan fingerprint density at radius 1 is 1.24 bits per heavy atom. The molecule has 2 fully saturated rings. The lowest BCUT2D eigenvalue weighted by Crippen LogP contribution is -2.51. The van der Waals surface area contributed by atoms with Crippen LogP contribution in [0.5, 0.6) is 0 Å². The second-order valence-corrected chi connectivity index (χ2v) is 8.62. The molecule has 0 radical (unpaired) electrons. The number of likely N-dealkylation sites (tertiary alicyclic amines) is 2. The first-order chi connectivity index (χ1) is 17.5. The first-order valence-electron chi connectivity index (χ1n) is 11.4. The molecule has 0 aliphatic carbocycles. The molecular formula is C22H24F4N6O5. The zero-order valence-corrected chi connectivity index (χ0v) is 19.9. The van der Waals surface area contributed by atoms with Gasteiger partial charge in [0.15, 0.2) is 0 Å². The van der Waals surface area contributed by atoms with Crippen LogP contribution in [0.2, 0.25) is 0 Å². The van der Waals surface area contributed by atoms with E-state index >= 15 is 0 Å². The second-order valence-electron chi connectivity index (χ2n) is 8.62. The minimum Gasteiger partial charge on any atom is -0.475 e. The molecule has 2 aliphatic rings. The standard InChI is InChI=1S/C20H23FN6O3.C2HF3O2/c1-3-16-15-5-4-13(21)8-17(15)27(23-16)19-22-18(30-24-19)12-9-26(10-12)14-6-7-25(11-14)20(28)29-2;3-2(4,5)1(6)7/h4-5,8,12,14H,3,6-7,9-11H2,1-2H3;(H,6,7). The van der Waals surface area contributed by atoms with Crippen LogP contribution in [0.1, 0.15) is 30.8 Å². The van der Waals surface area contributed by atoms with E-state index in [9.17, 15) is 22.4 Å². The lowest BCUT2D eigenvalue weighted by atomic mass is 9.97. The van der Waals surface area contributed by atoms with Gasteiger partial charge in [0.1, 0.15) is 5.82 Å². The van der Waals surface area contributed by atoms with Gasteiger partial charge in [0.25, 0.3) is 5.95 Å². The Labute approximate surface area is 207 Å². The van der Waals surface area contributed by atoms with Crippen LogP contribution in [0.15, 0.2) is 22.7 Å². The zero-order valence-electron chi connectivity index (χ0n) is 19.9. The van der Waals surface area contributed by atoms with Gasteiger partial charge in [-0.15, -0.1) is 0 Å². The average Bonchev–Trinajstić information content (AvgIpc) is 3.56. The van der Waals surface area contributed by atoms with E-state index in [2.05, 4.69) is 20.1 Å². The van der Waals surface area contributed by atoms with Gasteiger partial charge in [0.2, 0.25) is 5.89 Å². The number of carboxylic acids is 1. The molecule has 2 aliphatic heterocycles. The molecule has 1 unspecified atom stereocenters. The van der Waals surface area contributed by atoms with Crippen molar-refractivity contribution in [1.29, 1.82) is 0 Å². The van der Waals surface area contributed by atoms with Crippen LogP contribution in [0.25, 0.3) is 16.9 Å². The minimum atomic E-state index is -5.08. The van der Waals surface area contributed by atoms with E-state index in [0.29, 0.717) is 36.5 Å². The molecule has 1 aromatic carbocycles. The molecule has 0 spiro atoms. The summed E-state index contributed by atoms with van der Waals surface area (Å²) in [5.41, 5.74) is 1.49. The van der Waals surface area contributed by atoms with Crippen molar-refractivity contribution in [3.63, 3.8) is 0 Å². The topological polar surface area (TPSA) is 127 Å². The van der Waals surface area contributed by atoms with Crippen LogP contribution >= 0.6 is 0 Å². The minimum absolute atomic E-state index is 0.141. The van der Waals surface area contributed by atoms with Crippen molar-refractivity contribution in [3.05, 3.63) is 35.6 Å². The summed E-state index contributed by atoms with van der Waals surface area (Å²) in [6.45, 7) is 5.00. The van der Waals surface area contributed by atoms with Crippen LogP contribution < -0.4 is 0 Å². The number of aromatic nitrogens is 4. The van der Waals surface area contributed by atoms with Gasteiger partial charge in [-0.2, -0.15) is 27.9 Å². The molecule has 4 heterocycles. The smallest absolute Gasteiger partial charge is 0.475 e. The number of amides is 1. The van der Waals surface area contributed by atoms with Crippen LogP contribution in [-0.4, -0.2) is 92.4 Å². The van der Waals surface area contributed by atoms with E-state index in [-0.39, 0.29) is 17.8 Å². The van der Waals surface area contributed by atoms with Crippen molar-refractivity contribution in [2.24, 2.45) is 0 Å². The highest BCUT2D eigenvalue weighted by atomic mass is 19.4. The summed E-state index contributed by atoms with van der Waals surface area (Å²) in [4.78, 5) is 29.2. The number of carbonyl (C=O) groups excluding carboxylic acids is 1. The Balaban J connectivity index is 0.000000405. The number of halogens is 4. The SMILES string of the molecule is CCc1nn(-c2noc(C3CN(C4CCN(C(=O)OC)C4)C3)n2)c2cc(F)ccc12.O=C(O)C(F)(F)F. The highest BCUT2D eigenvalue weighted by Crippen LogP contribution is 2.31. The number of nitrogens with zero attached hydrogens (tertiary/aromatic N) is 6. The Morgan fingerprint density at radius 2 is 1.95 bits per heavy atom. The quantitative estimate of drug-likeness (QED) is 0.509. The van der Waals surface area contributed by atoms with E-state index < -0.39 is 12.1 Å². The number of hydrogen-bond donors (Lipinski definition) is 1. The van der Waals surface area contributed by atoms with Gasteiger partial charge in [-0.1, -0.05) is 6.92 Å². The monoisotopic (exact) mass is 528 g/mol. The number of carboxylic acid groups (broad SMARTS) is 1. The Bertz CT molecular complexity index is 1290. The third-order valence-electron chi connectivity index (χ3n) is 6.29. The fourth-order valence-electron chi connectivity index (χ4n) is 4.35. The number of methoxy groups -OCH3 is 1. The summed E-state index contributed by atoms with van der Waals surface area (Å²) < 4.78 is 57.4. The molecule has 11 nitrogen and oxygen atoms in total. The fraction of sp³-hybridized carbons (Fsp3) is 0.500. The van der Waals surface area contributed by atoms with Crippen molar-refractivity contribution in [1.82, 2.24) is 29.7 Å². The molecule has 1 N–H and O–H groups in total. The summed E-state index contributed by atoms with van der Waals surface area (Å²) >= 11 is 0. The summed E-state index contributed by atoms with van der Waals surface area (Å²) in [7, 11) is 1.41. The van der Waals surface area contributed by atoms with Gasteiger partial charge in [-0.3, -0.25) is 4.90 Å². The molecule has 1 atom stereocenters. The summed E-state index contributed by atoms with van der Waals surface area (Å²) in [6, 6.07) is 4.93. The van der Waals surface area contributed by atoms with Crippen LogP contribution in [-0.2, 0) is 16.0 Å². The number of aliphatic carboxylic acids is 1. The third-order valence-corrected chi connectivity index (χ3v) is 6.29. The van der Waals surface area contributed by atoms with Crippen molar-refractivity contribution in [2.45, 2.75) is 37.9 Å². The fourth-order valence-corrected chi connectivity index (χ4v) is 4.35. The third kappa shape index (κ3) is 5.50. The maximum atomic E-state index is 13.8. The van der Waals surface area contributed by atoms with E-state index in [4.69, 9.17) is 19.2 Å². The molecule has 1 amide bonds. The van der Waals surface area contributed by atoms with Gasteiger partial charge in [0.05, 0.1) is 24.2 Å². The number of fused-ring (bicyclic) bond motifs is 1. The number of rotatable bonds is 4. The average molecular weight is 528 g/mol. The molecule has 0 bridgehead atoms. The van der Waals surface area contributed by atoms with E-state index in [1.807, 2.05) is 6.92 Å². The van der Waals surface area contributed by atoms with Crippen LogP contribution in [0, 0.1) is 5.82 Å². The number of aryl methyl sites for hydroxylation is 1. The van der Waals surface area contributed by atoms with Crippen molar-refractivity contribution in [3.8, 4) is 5.95 Å². The predicted octanol–water partition coefficient (Wildman–Crippen LogP) is 2.98. The first-order valence-corrected chi connectivity index (χ1v) is 11.4. The van der Waals surface area contributed by atoms with Crippen LogP contribution in [0.4, 0.5) is 22.4 Å². The maximum Gasteiger partial charge on any atom is 0.490 e. The number of carbonyl (C=O) groups is 2. The largest absolute Gasteiger partial charge is 0.490 e. The first kappa shape index (κ1) is 26.3. The molecule has 37 heavy (non-hydrogen) atoms. The lowest BCUT2D eigenvalue weighted by molar-refractivity contribution is -0.192. The normalized spacial score (nSPS) is 18.4.